The monoisotopic (exact) mass is 142 g/mol. The number of hydrogen-bond acceptors (Lipinski definition) is 2. The number of nitrogens with zero attached hydrogens (tertiary/aromatic N) is 1. The summed E-state index contributed by atoms with van der Waals surface area (Å²) >= 11 is 0. The second-order valence-electron chi connectivity index (χ2n) is 2.38. The molecular weight excluding hydrogens is 130 g/mol. The van der Waals surface area contributed by atoms with Gasteiger partial charge in [0.25, 0.3) is 0 Å². The fraction of sp³-hybridized carbons (Fsp3) is 0.714. The molecule has 0 aromatic heterocycles. The molecule has 1 aliphatic rings. The zero-order valence-corrected chi connectivity index (χ0v) is 5.96. The Morgan fingerprint density at radius 3 is 2.80 bits per heavy atom. The molecule has 0 spiro atoms. The maximum atomic E-state index is 11.2. The second-order valence-corrected chi connectivity index (χ2v) is 2.38. The van der Waals surface area contributed by atoms with Gasteiger partial charge in [0, 0.05) is 20.3 Å². The Labute approximate surface area is 61.4 Å². The van der Waals surface area contributed by atoms with Crippen molar-refractivity contribution in [2.24, 2.45) is 5.92 Å². The van der Waals surface area contributed by atoms with Crippen LogP contribution in [0.5, 0.6) is 0 Å². The third-order valence-corrected chi connectivity index (χ3v) is 1.65. The van der Waals surface area contributed by atoms with Gasteiger partial charge < -0.3 is 0 Å². The fourth-order valence-electron chi connectivity index (χ4n) is 1.08. The van der Waals surface area contributed by atoms with E-state index in [1.54, 1.807) is 6.92 Å². The van der Waals surface area contributed by atoms with Crippen molar-refractivity contribution in [3.8, 4) is 0 Å². The van der Waals surface area contributed by atoms with E-state index in [2.05, 4.69) is 0 Å². The maximum absolute atomic E-state index is 11.2. The second kappa shape index (κ2) is 2.40. The summed E-state index contributed by atoms with van der Waals surface area (Å²) in [5.41, 5.74) is 0. The highest BCUT2D eigenvalue weighted by atomic mass is 16.2. The SMILES string of the molecule is [2H]CC1CC(=O)N(CC)C1=O. The number of rotatable bonds is 1. The topological polar surface area (TPSA) is 37.4 Å². The first-order chi connectivity index (χ1) is 5.20. The average molecular weight is 142 g/mol. The highest BCUT2D eigenvalue weighted by Crippen LogP contribution is 2.17. The lowest BCUT2D eigenvalue weighted by atomic mass is 10.1. The molecule has 0 bridgehead atoms. The van der Waals surface area contributed by atoms with Crippen LogP contribution in [0.2, 0.25) is 0 Å². The quantitative estimate of drug-likeness (QED) is 0.497. The van der Waals surface area contributed by atoms with E-state index in [1.165, 1.54) is 4.90 Å². The summed E-state index contributed by atoms with van der Waals surface area (Å²) in [7, 11) is 0. The highest BCUT2D eigenvalue weighted by Gasteiger charge is 2.33. The zero-order chi connectivity index (χ0) is 8.43. The van der Waals surface area contributed by atoms with Gasteiger partial charge in [0.15, 0.2) is 0 Å². The molecule has 1 atom stereocenters. The number of carbonyl (C=O) groups excluding carboxylic acids is 2. The molecule has 0 saturated carbocycles. The summed E-state index contributed by atoms with van der Waals surface area (Å²) < 4.78 is 6.99. The van der Waals surface area contributed by atoms with Crippen molar-refractivity contribution in [1.82, 2.24) is 4.90 Å². The molecule has 3 heteroatoms. The molecule has 3 nitrogen and oxygen atoms in total. The number of carbonyl (C=O) groups is 2. The fourth-order valence-corrected chi connectivity index (χ4v) is 1.08. The predicted molar refractivity (Wildman–Crippen MR) is 36.2 cm³/mol. The largest absolute Gasteiger partial charge is 0.283 e. The van der Waals surface area contributed by atoms with Crippen molar-refractivity contribution in [3.63, 3.8) is 0 Å². The van der Waals surface area contributed by atoms with Crippen molar-refractivity contribution in [2.45, 2.75) is 20.2 Å². The van der Waals surface area contributed by atoms with Crippen LogP contribution >= 0.6 is 0 Å². The minimum atomic E-state index is -0.373. The summed E-state index contributed by atoms with van der Waals surface area (Å²) in [5, 5.41) is 0. The molecule has 10 heavy (non-hydrogen) atoms. The van der Waals surface area contributed by atoms with Crippen molar-refractivity contribution >= 4 is 11.8 Å². The molecular formula is C7H11NO2. The van der Waals surface area contributed by atoms with E-state index in [0.29, 0.717) is 6.54 Å². The molecule has 1 rings (SSSR count). The van der Waals surface area contributed by atoms with Crippen molar-refractivity contribution in [1.29, 1.82) is 0 Å². The first-order valence-electron chi connectivity index (χ1n) is 4.04. The molecule has 0 aromatic rings. The Balaban J connectivity index is 2.71. The van der Waals surface area contributed by atoms with Crippen LogP contribution in [0.1, 0.15) is 21.6 Å². The van der Waals surface area contributed by atoms with Gasteiger partial charge in [0.05, 0.1) is 0 Å². The molecule has 0 aliphatic carbocycles. The molecule has 1 heterocycles. The van der Waals surface area contributed by atoms with Gasteiger partial charge >= 0.3 is 0 Å². The Kier molecular flexibility index (Phi) is 1.42. The third-order valence-electron chi connectivity index (χ3n) is 1.65. The summed E-state index contributed by atoms with van der Waals surface area (Å²) in [6.45, 7) is 2.23. The van der Waals surface area contributed by atoms with E-state index in [4.69, 9.17) is 1.37 Å². The van der Waals surface area contributed by atoms with Crippen LogP contribution < -0.4 is 0 Å². The van der Waals surface area contributed by atoms with Gasteiger partial charge in [-0.3, -0.25) is 14.5 Å². The average Bonchev–Trinajstić information content (AvgIpc) is 2.26. The summed E-state index contributed by atoms with van der Waals surface area (Å²) in [6.07, 6.45) is 0.232. The lowest BCUT2D eigenvalue weighted by Crippen LogP contribution is -2.29. The van der Waals surface area contributed by atoms with Crippen molar-refractivity contribution < 1.29 is 11.0 Å². The van der Waals surface area contributed by atoms with Gasteiger partial charge in [-0.1, -0.05) is 6.90 Å². The zero-order valence-electron chi connectivity index (χ0n) is 6.96. The molecule has 1 saturated heterocycles. The van der Waals surface area contributed by atoms with Crippen LogP contribution in [0.25, 0.3) is 0 Å². The first kappa shape index (κ1) is 5.89. The summed E-state index contributed by atoms with van der Waals surface area (Å²) in [4.78, 5) is 23.4. The molecule has 1 unspecified atom stereocenters. The summed E-state index contributed by atoms with van der Waals surface area (Å²) in [5.74, 6) is -0.676. The standard InChI is InChI=1S/C7H11NO2/c1-3-8-6(9)4-5(2)7(8)10/h5H,3-4H2,1-2H3/i2D. The van der Waals surface area contributed by atoms with Crippen molar-refractivity contribution in [3.05, 3.63) is 0 Å². The Morgan fingerprint density at radius 1 is 1.80 bits per heavy atom. The van der Waals surface area contributed by atoms with Crippen molar-refractivity contribution in [2.75, 3.05) is 6.54 Å². The van der Waals surface area contributed by atoms with Crippen LogP contribution in [0.3, 0.4) is 0 Å². The molecule has 0 radical (unpaired) electrons. The van der Waals surface area contributed by atoms with Crippen LogP contribution in [0.4, 0.5) is 0 Å². The Hall–Kier alpha value is -0.860. The van der Waals surface area contributed by atoms with Gasteiger partial charge in [-0.05, 0) is 6.92 Å². The Bertz CT molecular complexity index is 193. The van der Waals surface area contributed by atoms with E-state index in [-0.39, 0.29) is 31.1 Å². The number of hydrogen-bond donors (Lipinski definition) is 0. The molecule has 2 amide bonds. The Morgan fingerprint density at radius 2 is 2.50 bits per heavy atom. The van der Waals surface area contributed by atoms with E-state index >= 15 is 0 Å². The molecule has 0 N–H and O–H groups in total. The predicted octanol–water partition coefficient (Wildman–Crippen LogP) is 0.401. The molecule has 0 aromatic carbocycles. The number of amides is 2. The van der Waals surface area contributed by atoms with Gasteiger partial charge in [-0.2, -0.15) is 0 Å². The number of likely N-dealkylation sites (tertiary alicyclic amines) is 1. The molecule has 1 fully saturated rings. The van der Waals surface area contributed by atoms with Gasteiger partial charge in [0.1, 0.15) is 0 Å². The van der Waals surface area contributed by atoms with E-state index in [0.717, 1.165) is 0 Å². The number of imide groups is 1. The lowest BCUT2D eigenvalue weighted by Gasteiger charge is -2.09. The molecule has 1 aliphatic heterocycles. The van der Waals surface area contributed by atoms with Crippen LogP contribution in [-0.2, 0) is 9.59 Å². The van der Waals surface area contributed by atoms with E-state index in [9.17, 15) is 9.59 Å². The minimum absolute atomic E-state index is 0.0288. The van der Waals surface area contributed by atoms with Gasteiger partial charge in [0.2, 0.25) is 11.8 Å². The van der Waals surface area contributed by atoms with Crippen LogP contribution in [0.15, 0.2) is 0 Å². The van der Waals surface area contributed by atoms with Gasteiger partial charge in [-0.25, -0.2) is 0 Å². The highest BCUT2D eigenvalue weighted by molar-refractivity contribution is 6.03. The maximum Gasteiger partial charge on any atom is 0.232 e. The smallest absolute Gasteiger partial charge is 0.232 e. The summed E-state index contributed by atoms with van der Waals surface area (Å²) in [6, 6.07) is 0. The third kappa shape index (κ3) is 0.916. The van der Waals surface area contributed by atoms with E-state index < -0.39 is 0 Å². The normalized spacial score (nSPS) is 27.5. The lowest BCUT2D eigenvalue weighted by molar-refractivity contribution is -0.138. The van der Waals surface area contributed by atoms with E-state index in [1.807, 2.05) is 0 Å². The van der Waals surface area contributed by atoms with Crippen LogP contribution in [0, 0.1) is 5.92 Å². The van der Waals surface area contributed by atoms with Gasteiger partial charge in [-0.15, -0.1) is 0 Å². The first-order valence-corrected chi connectivity index (χ1v) is 3.34. The minimum Gasteiger partial charge on any atom is -0.283 e. The molecule has 56 valence electrons. The van der Waals surface area contributed by atoms with Crippen LogP contribution in [-0.4, -0.2) is 23.3 Å².